The number of aromatic nitrogens is 2. The van der Waals surface area contributed by atoms with Crippen molar-refractivity contribution >= 4 is 6.03 Å². The van der Waals surface area contributed by atoms with Gasteiger partial charge in [0.05, 0.1) is 30.6 Å². The first-order valence-corrected chi connectivity index (χ1v) is 10.6. The second-order valence-electron chi connectivity index (χ2n) is 7.13. The van der Waals surface area contributed by atoms with Crippen LogP contribution < -0.4 is 14.8 Å². The van der Waals surface area contributed by atoms with Gasteiger partial charge in [-0.25, -0.2) is 9.48 Å². The van der Waals surface area contributed by atoms with Crippen molar-refractivity contribution in [2.24, 2.45) is 0 Å². The second-order valence-corrected chi connectivity index (χ2v) is 7.13. The number of amides is 2. The molecule has 2 aromatic carbocycles. The molecule has 7 heteroatoms. The zero-order valence-corrected chi connectivity index (χ0v) is 18.6. The minimum Gasteiger partial charge on any atom is -0.493 e. The number of benzene rings is 2. The minimum absolute atomic E-state index is 0.0977. The van der Waals surface area contributed by atoms with E-state index in [4.69, 9.17) is 14.6 Å². The quantitative estimate of drug-likeness (QED) is 0.531. The molecule has 0 unspecified atom stereocenters. The molecule has 1 heterocycles. The van der Waals surface area contributed by atoms with Crippen molar-refractivity contribution in [3.8, 4) is 23.1 Å². The molecule has 3 rings (SSSR count). The molecule has 0 fully saturated rings. The van der Waals surface area contributed by atoms with Gasteiger partial charge in [0, 0.05) is 13.1 Å². The maximum Gasteiger partial charge on any atom is 0.317 e. The molecule has 0 aliphatic carbocycles. The molecule has 7 nitrogen and oxygen atoms in total. The van der Waals surface area contributed by atoms with Gasteiger partial charge in [0.25, 0.3) is 0 Å². The lowest BCUT2D eigenvalue weighted by Gasteiger charge is -2.23. The first-order valence-electron chi connectivity index (χ1n) is 10.6. The SMILES string of the molecule is CCCN(Cc1c(C)nn(-c2ccccc2)c1Oc1ccccc1OC)C(=O)NCC. The van der Waals surface area contributed by atoms with Crippen LogP contribution in [0.1, 0.15) is 31.5 Å². The number of urea groups is 1. The summed E-state index contributed by atoms with van der Waals surface area (Å²) in [7, 11) is 1.61. The predicted octanol–water partition coefficient (Wildman–Crippen LogP) is 4.92. The molecule has 0 saturated heterocycles. The lowest BCUT2D eigenvalue weighted by Crippen LogP contribution is -2.39. The van der Waals surface area contributed by atoms with Gasteiger partial charge in [0.2, 0.25) is 5.88 Å². The van der Waals surface area contributed by atoms with Crippen LogP contribution in [0.25, 0.3) is 5.69 Å². The highest BCUT2D eigenvalue weighted by Crippen LogP contribution is 2.36. The lowest BCUT2D eigenvalue weighted by molar-refractivity contribution is 0.195. The number of carbonyl (C=O) groups is 1. The van der Waals surface area contributed by atoms with Crippen LogP contribution >= 0.6 is 0 Å². The van der Waals surface area contributed by atoms with E-state index < -0.39 is 0 Å². The molecule has 1 aromatic heterocycles. The molecular weight excluding hydrogens is 392 g/mol. The number of ether oxygens (including phenoxy) is 2. The van der Waals surface area contributed by atoms with Crippen molar-refractivity contribution in [3.05, 3.63) is 65.9 Å². The van der Waals surface area contributed by atoms with E-state index in [1.54, 1.807) is 16.7 Å². The summed E-state index contributed by atoms with van der Waals surface area (Å²) in [6.07, 6.45) is 0.853. The van der Waals surface area contributed by atoms with Crippen molar-refractivity contribution in [2.45, 2.75) is 33.7 Å². The van der Waals surface area contributed by atoms with E-state index in [0.717, 1.165) is 23.4 Å². The smallest absolute Gasteiger partial charge is 0.317 e. The van der Waals surface area contributed by atoms with Gasteiger partial charge < -0.3 is 19.7 Å². The molecule has 2 amide bonds. The average molecular weight is 423 g/mol. The Labute approximate surface area is 183 Å². The van der Waals surface area contributed by atoms with Gasteiger partial charge >= 0.3 is 6.03 Å². The topological polar surface area (TPSA) is 68.6 Å². The third kappa shape index (κ3) is 5.17. The Bertz CT molecular complexity index is 1000. The van der Waals surface area contributed by atoms with Crippen LogP contribution in [0, 0.1) is 6.92 Å². The van der Waals surface area contributed by atoms with E-state index in [1.807, 2.05) is 68.4 Å². The molecule has 0 aliphatic heterocycles. The Kier molecular flexibility index (Phi) is 7.54. The number of hydrogen-bond donors (Lipinski definition) is 1. The summed E-state index contributed by atoms with van der Waals surface area (Å²) in [5, 5.41) is 7.64. The number of nitrogens with zero attached hydrogens (tertiary/aromatic N) is 3. The van der Waals surface area contributed by atoms with Gasteiger partial charge in [-0.2, -0.15) is 5.10 Å². The highest BCUT2D eigenvalue weighted by atomic mass is 16.5. The highest BCUT2D eigenvalue weighted by molar-refractivity contribution is 5.74. The molecular formula is C24H30N4O3. The number of hydrogen-bond acceptors (Lipinski definition) is 4. The first kappa shape index (κ1) is 22.2. The molecule has 3 aromatic rings. The Morgan fingerprint density at radius 1 is 1.06 bits per heavy atom. The number of methoxy groups -OCH3 is 1. The van der Waals surface area contributed by atoms with Gasteiger partial charge in [0.15, 0.2) is 11.5 Å². The summed E-state index contributed by atoms with van der Waals surface area (Å²) in [6, 6.07) is 17.2. The molecule has 0 saturated carbocycles. The third-order valence-electron chi connectivity index (χ3n) is 4.87. The van der Waals surface area contributed by atoms with Crippen molar-refractivity contribution < 1.29 is 14.3 Å². The zero-order chi connectivity index (χ0) is 22.2. The number of nitrogens with one attached hydrogen (secondary N) is 1. The fraction of sp³-hybridized carbons (Fsp3) is 0.333. The van der Waals surface area contributed by atoms with E-state index in [2.05, 4.69) is 12.2 Å². The van der Waals surface area contributed by atoms with Crippen LogP contribution in [0.3, 0.4) is 0 Å². The van der Waals surface area contributed by atoms with Gasteiger partial charge in [-0.15, -0.1) is 0 Å². The molecule has 0 bridgehead atoms. The van der Waals surface area contributed by atoms with Crippen LogP contribution in [0.2, 0.25) is 0 Å². The summed E-state index contributed by atoms with van der Waals surface area (Å²) in [6.45, 7) is 7.51. The zero-order valence-electron chi connectivity index (χ0n) is 18.6. The van der Waals surface area contributed by atoms with Crippen molar-refractivity contribution in [1.29, 1.82) is 0 Å². The summed E-state index contributed by atoms with van der Waals surface area (Å²) in [4.78, 5) is 14.4. The molecule has 31 heavy (non-hydrogen) atoms. The molecule has 0 atom stereocenters. The number of rotatable bonds is 9. The highest BCUT2D eigenvalue weighted by Gasteiger charge is 2.24. The van der Waals surface area contributed by atoms with Gasteiger partial charge in [-0.1, -0.05) is 37.3 Å². The first-order chi connectivity index (χ1) is 15.1. The van der Waals surface area contributed by atoms with Crippen molar-refractivity contribution in [1.82, 2.24) is 20.0 Å². The van der Waals surface area contributed by atoms with E-state index in [-0.39, 0.29) is 6.03 Å². The summed E-state index contributed by atoms with van der Waals surface area (Å²) in [5.41, 5.74) is 2.54. The normalized spacial score (nSPS) is 10.6. The Hall–Kier alpha value is -3.48. The maximum atomic E-state index is 12.6. The Morgan fingerprint density at radius 3 is 2.39 bits per heavy atom. The van der Waals surface area contributed by atoms with Crippen molar-refractivity contribution in [3.63, 3.8) is 0 Å². The average Bonchev–Trinajstić information content (AvgIpc) is 3.09. The molecule has 1 N–H and O–H groups in total. The molecule has 164 valence electrons. The minimum atomic E-state index is -0.0977. The fourth-order valence-electron chi connectivity index (χ4n) is 3.35. The van der Waals surface area contributed by atoms with Gasteiger partial charge in [-0.05, 0) is 44.5 Å². The van der Waals surface area contributed by atoms with Crippen LogP contribution in [0.4, 0.5) is 4.79 Å². The molecule has 0 spiro atoms. The monoisotopic (exact) mass is 422 g/mol. The van der Waals surface area contributed by atoms with Crippen LogP contribution in [-0.2, 0) is 6.54 Å². The van der Waals surface area contributed by atoms with Crippen LogP contribution in [0.5, 0.6) is 17.4 Å². The van der Waals surface area contributed by atoms with Gasteiger partial charge in [0.1, 0.15) is 0 Å². The maximum absolute atomic E-state index is 12.6. The summed E-state index contributed by atoms with van der Waals surface area (Å²) >= 11 is 0. The standard InChI is InChI=1S/C24H30N4O3/c1-5-16-27(24(29)25-6-2)17-20-18(3)26-28(19-12-8-7-9-13-19)23(20)31-22-15-11-10-14-21(22)30-4/h7-15H,5-6,16-17H2,1-4H3,(H,25,29). The van der Waals surface area contributed by atoms with Gasteiger partial charge in [-0.3, -0.25) is 0 Å². The van der Waals surface area contributed by atoms with Crippen LogP contribution in [-0.4, -0.2) is 40.9 Å². The predicted molar refractivity (Wildman–Crippen MR) is 121 cm³/mol. The van der Waals surface area contributed by atoms with E-state index >= 15 is 0 Å². The largest absolute Gasteiger partial charge is 0.493 e. The fourth-order valence-corrected chi connectivity index (χ4v) is 3.35. The number of para-hydroxylation sites is 3. The Balaban J connectivity index is 2.07. The van der Waals surface area contributed by atoms with E-state index in [1.165, 1.54) is 0 Å². The lowest BCUT2D eigenvalue weighted by atomic mass is 10.2. The van der Waals surface area contributed by atoms with E-state index in [9.17, 15) is 4.79 Å². The summed E-state index contributed by atoms with van der Waals surface area (Å²) in [5.74, 6) is 1.78. The Morgan fingerprint density at radius 2 is 1.74 bits per heavy atom. The van der Waals surface area contributed by atoms with E-state index in [0.29, 0.717) is 37.0 Å². The van der Waals surface area contributed by atoms with Crippen LogP contribution in [0.15, 0.2) is 54.6 Å². The van der Waals surface area contributed by atoms with Crippen molar-refractivity contribution in [2.75, 3.05) is 20.2 Å². The third-order valence-corrected chi connectivity index (χ3v) is 4.87. The number of carbonyl (C=O) groups excluding carboxylic acids is 1. The number of aryl methyl sites for hydroxylation is 1. The molecule has 0 radical (unpaired) electrons. The molecule has 0 aliphatic rings. The summed E-state index contributed by atoms with van der Waals surface area (Å²) < 4.78 is 13.6. The second kappa shape index (κ2) is 10.5.